The second-order valence-electron chi connectivity index (χ2n) is 5.69. The molecule has 3 unspecified atom stereocenters. The Kier molecular flexibility index (Phi) is 2.82. The summed E-state index contributed by atoms with van der Waals surface area (Å²) in [4.78, 5) is 2.58. The van der Waals surface area contributed by atoms with E-state index < -0.39 is 0 Å². The maximum Gasteiger partial charge on any atom is 0.0728 e. The van der Waals surface area contributed by atoms with E-state index in [9.17, 15) is 0 Å². The molecule has 0 spiro atoms. The van der Waals surface area contributed by atoms with E-state index in [-0.39, 0.29) is 0 Å². The fraction of sp³-hybridized carbons (Fsp3) is 0.769. The first-order chi connectivity index (χ1) is 8.22. The summed E-state index contributed by atoms with van der Waals surface area (Å²) in [5.41, 5.74) is 1.18. The molecule has 0 radical (unpaired) electrons. The summed E-state index contributed by atoms with van der Waals surface area (Å²) < 4.78 is 2.02. The van der Waals surface area contributed by atoms with E-state index in [1.165, 1.54) is 38.2 Å². The molecule has 4 nitrogen and oxygen atoms in total. The van der Waals surface area contributed by atoms with Crippen LogP contribution in [-0.4, -0.2) is 40.4 Å². The summed E-state index contributed by atoms with van der Waals surface area (Å²) in [6, 6.07) is 1.09. The van der Waals surface area contributed by atoms with Crippen LogP contribution in [0.5, 0.6) is 0 Å². The minimum Gasteiger partial charge on any atom is -0.379 e. The van der Waals surface area contributed by atoms with Crippen molar-refractivity contribution in [2.24, 2.45) is 5.92 Å². The van der Waals surface area contributed by atoms with Gasteiger partial charge in [-0.2, -0.15) is 5.10 Å². The van der Waals surface area contributed by atoms with E-state index in [0.717, 1.165) is 5.92 Å². The maximum absolute atomic E-state index is 4.39. The summed E-state index contributed by atoms with van der Waals surface area (Å²) in [7, 11) is 0. The minimum atomic E-state index is 0.443. The lowest BCUT2D eigenvalue weighted by atomic mass is 9.94. The lowest BCUT2D eigenvalue weighted by Gasteiger charge is -2.31. The van der Waals surface area contributed by atoms with Crippen LogP contribution in [0.15, 0.2) is 12.4 Å². The summed E-state index contributed by atoms with van der Waals surface area (Å²) in [5, 5.41) is 8.06. The number of hydrogen-bond acceptors (Lipinski definition) is 3. The van der Waals surface area contributed by atoms with E-state index in [1.54, 1.807) is 0 Å². The van der Waals surface area contributed by atoms with Crippen molar-refractivity contribution in [3.63, 3.8) is 0 Å². The Hall–Kier alpha value is -1.03. The maximum atomic E-state index is 4.39. The average molecular weight is 234 g/mol. The fourth-order valence-electron chi connectivity index (χ4n) is 3.05. The van der Waals surface area contributed by atoms with Gasteiger partial charge < -0.3 is 10.2 Å². The number of nitrogens with one attached hydrogen (secondary N) is 1. The van der Waals surface area contributed by atoms with Crippen molar-refractivity contribution in [2.75, 3.05) is 25.0 Å². The van der Waals surface area contributed by atoms with Gasteiger partial charge in [-0.15, -0.1) is 0 Å². The smallest absolute Gasteiger partial charge is 0.0728 e. The molecule has 1 aromatic heterocycles. The first-order valence-corrected chi connectivity index (χ1v) is 6.75. The molecule has 1 N–H and O–H groups in total. The van der Waals surface area contributed by atoms with Crippen molar-refractivity contribution in [1.29, 1.82) is 0 Å². The van der Waals surface area contributed by atoms with Crippen LogP contribution < -0.4 is 5.32 Å². The summed E-state index contributed by atoms with van der Waals surface area (Å²) in [5.74, 6) is 0.839. The van der Waals surface area contributed by atoms with Gasteiger partial charge in [0.05, 0.1) is 11.9 Å². The van der Waals surface area contributed by atoms with Crippen LogP contribution in [0.25, 0.3) is 0 Å². The Morgan fingerprint density at radius 2 is 2.18 bits per heavy atom. The number of rotatable bonds is 3. The lowest BCUT2D eigenvalue weighted by molar-refractivity contribution is 0.255. The predicted octanol–water partition coefficient (Wildman–Crippen LogP) is 1.97. The Labute approximate surface area is 103 Å². The van der Waals surface area contributed by atoms with Gasteiger partial charge in [0.25, 0.3) is 0 Å². The molecule has 3 rings (SSSR count). The highest BCUT2D eigenvalue weighted by Crippen LogP contribution is 2.29. The van der Waals surface area contributed by atoms with Gasteiger partial charge >= 0.3 is 0 Å². The average Bonchev–Trinajstić information content (AvgIpc) is 2.89. The van der Waals surface area contributed by atoms with Crippen molar-refractivity contribution in [3.8, 4) is 0 Å². The number of anilines is 1. The number of piperidine rings is 1. The van der Waals surface area contributed by atoms with Gasteiger partial charge in [-0.1, -0.05) is 0 Å². The third kappa shape index (κ3) is 2.18. The fourth-order valence-corrected chi connectivity index (χ4v) is 3.05. The Morgan fingerprint density at radius 3 is 2.94 bits per heavy atom. The molecule has 17 heavy (non-hydrogen) atoms. The highest BCUT2D eigenvalue weighted by Gasteiger charge is 2.34. The summed E-state index contributed by atoms with van der Waals surface area (Å²) >= 11 is 0. The van der Waals surface area contributed by atoms with Crippen molar-refractivity contribution in [1.82, 2.24) is 14.7 Å². The Morgan fingerprint density at radius 1 is 1.35 bits per heavy atom. The number of aromatic nitrogens is 2. The minimum absolute atomic E-state index is 0.443. The standard InChI is InChI=1S/C13H22N4/c1-10(2)17-9-12(7-14-17)15-13-4-6-16-5-3-11(13)8-16/h7,9-11,13,15H,3-6,8H2,1-2H3. The molecular formula is C13H22N4. The SMILES string of the molecule is CC(C)n1cc(NC2CCN3CCC2C3)cn1. The van der Waals surface area contributed by atoms with Gasteiger partial charge in [0.1, 0.15) is 0 Å². The number of fused-ring (bicyclic) bond motifs is 2. The van der Waals surface area contributed by atoms with Crippen LogP contribution >= 0.6 is 0 Å². The van der Waals surface area contributed by atoms with Crippen LogP contribution in [0, 0.1) is 5.92 Å². The van der Waals surface area contributed by atoms with Crippen molar-refractivity contribution < 1.29 is 0 Å². The normalized spacial score (nSPS) is 32.1. The molecule has 3 atom stereocenters. The monoisotopic (exact) mass is 234 g/mol. The van der Waals surface area contributed by atoms with Crippen LogP contribution in [0.2, 0.25) is 0 Å². The molecule has 0 aromatic carbocycles. The zero-order chi connectivity index (χ0) is 11.8. The molecule has 0 aliphatic carbocycles. The third-order valence-electron chi connectivity index (χ3n) is 4.12. The van der Waals surface area contributed by atoms with Crippen LogP contribution in [0.3, 0.4) is 0 Å². The first-order valence-electron chi connectivity index (χ1n) is 6.75. The molecular weight excluding hydrogens is 212 g/mol. The zero-order valence-corrected chi connectivity index (χ0v) is 10.8. The van der Waals surface area contributed by atoms with Gasteiger partial charge in [0.15, 0.2) is 0 Å². The molecule has 94 valence electrons. The lowest BCUT2D eigenvalue weighted by Crippen LogP contribution is -2.39. The second kappa shape index (κ2) is 4.33. The number of nitrogens with zero attached hydrogens (tertiary/aromatic N) is 3. The van der Waals surface area contributed by atoms with E-state index in [2.05, 4.69) is 35.4 Å². The van der Waals surface area contributed by atoms with E-state index >= 15 is 0 Å². The zero-order valence-electron chi connectivity index (χ0n) is 10.8. The van der Waals surface area contributed by atoms with Gasteiger partial charge in [-0.05, 0) is 39.2 Å². The Bertz CT molecular complexity index is 385. The quantitative estimate of drug-likeness (QED) is 0.868. The van der Waals surface area contributed by atoms with Gasteiger partial charge in [-0.3, -0.25) is 4.68 Å². The summed E-state index contributed by atoms with van der Waals surface area (Å²) in [6.07, 6.45) is 6.72. The van der Waals surface area contributed by atoms with Crippen LogP contribution in [0.1, 0.15) is 32.7 Å². The molecule has 2 bridgehead atoms. The van der Waals surface area contributed by atoms with Gasteiger partial charge in [0.2, 0.25) is 0 Å². The molecule has 2 aliphatic heterocycles. The molecule has 2 saturated heterocycles. The molecule has 0 amide bonds. The molecule has 1 aromatic rings. The molecule has 0 saturated carbocycles. The molecule has 2 aliphatic rings. The number of hydrogen-bond donors (Lipinski definition) is 1. The highest BCUT2D eigenvalue weighted by atomic mass is 15.3. The van der Waals surface area contributed by atoms with Crippen molar-refractivity contribution >= 4 is 5.69 Å². The molecule has 4 heteroatoms. The summed E-state index contributed by atoms with van der Waals surface area (Å²) in [6.45, 7) is 8.16. The Balaban J connectivity index is 1.65. The molecule has 2 fully saturated rings. The van der Waals surface area contributed by atoms with Gasteiger partial charge in [-0.25, -0.2) is 0 Å². The second-order valence-corrected chi connectivity index (χ2v) is 5.69. The van der Waals surface area contributed by atoms with Crippen molar-refractivity contribution in [3.05, 3.63) is 12.4 Å². The highest BCUT2D eigenvalue weighted by molar-refractivity contribution is 5.40. The van der Waals surface area contributed by atoms with Crippen LogP contribution in [0.4, 0.5) is 5.69 Å². The van der Waals surface area contributed by atoms with E-state index in [0.29, 0.717) is 12.1 Å². The third-order valence-corrected chi connectivity index (χ3v) is 4.12. The molecule has 3 heterocycles. The van der Waals surface area contributed by atoms with E-state index in [4.69, 9.17) is 0 Å². The van der Waals surface area contributed by atoms with Gasteiger partial charge in [0, 0.05) is 31.4 Å². The largest absolute Gasteiger partial charge is 0.379 e. The van der Waals surface area contributed by atoms with Crippen molar-refractivity contribution in [2.45, 2.75) is 38.8 Å². The topological polar surface area (TPSA) is 33.1 Å². The first kappa shape index (κ1) is 11.1. The predicted molar refractivity (Wildman–Crippen MR) is 69.2 cm³/mol. The van der Waals surface area contributed by atoms with Crippen LogP contribution in [-0.2, 0) is 0 Å². The van der Waals surface area contributed by atoms with E-state index in [1.807, 2.05) is 10.9 Å².